The van der Waals surface area contributed by atoms with Gasteiger partial charge in [-0.25, -0.2) is 9.97 Å². The second kappa shape index (κ2) is 5.28. The molecule has 0 aliphatic heterocycles. The Balaban J connectivity index is 2.53. The van der Waals surface area contributed by atoms with Crippen LogP contribution in [0.15, 0.2) is 10.7 Å². The van der Waals surface area contributed by atoms with Gasteiger partial charge in [-0.3, -0.25) is 4.68 Å². The summed E-state index contributed by atoms with van der Waals surface area (Å²) < 4.78 is 2.60. The molecule has 0 atom stereocenters. The second-order valence-electron chi connectivity index (χ2n) is 5.06. The molecule has 0 fully saturated rings. The maximum atomic E-state index is 5.97. The molecular weight excluding hydrogens is 306 g/mol. The predicted octanol–water partition coefficient (Wildman–Crippen LogP) is 2.73. The van der Waals surface area contributed by atoms with Gasteiger partial charge in [-0.05, 0) is 35.2 Å². The highest BCUT2D eigenvalue weighted by Gasteiger charge is 2.15. The molecule has 19 heavy (non-hydrogen) atoms. The van der Waals surface area contributed by atoms with Gasteiger partial charge >= 0.3 is 0 Å². The smallest absolute Gasteiger partial charge is 0.165 e. The van der Waals surface area contributed by atoms with E-state index in [0.29, 0.717) is 17.6 Å². The van der Waals surface area contributed by atoms with E-state index in [0.717, 1.165) is 27.8 Å². The molecule has 5 nitrogen and oxygen atoms in total. The molecule has 0 aliphatic carbocycles. The Hall–Kier alpha value is -1.43. The van der Waals surface area contributed by atoms with Crippen molar-refractivity contribution in [3.8, 4) is 11.4 Å². The molecule has 0 saturated heterocycles. The van der Waals surface area contributed by atoms with E-state index in [4.69, 9.17) is 5.73 Å². The standard InChI is InChI=1S/C13H18BrN5/c1-7(2)5-10-11(14)12(15)18-13(17-10)9-6-16-19(4)8(9)3/h6-7H,5H2,1-4H3,(H2,15,17,18). The average Bonchev–Trinajstić information content (AvgIpc) is 2.65. The molecule has 2 aromatic rings. The van der Waals surface area contributed by atoms with E-state index < -0.39 is 0 Å². The van der Waals surface area contributed by atoms with Crippen molar-refractivity contribution in [2.24, 2.45) is 13.0 Å². The first-order valence-corrected chi connectivity index (χ1v) is 7.00. The molecule has 0 aromatic carbocycles. The van der Waals surface area contributed by atoms with Crippen LogP contribution >= 0.6 is 15.9 Å². The first-order chi connectivity index (χ1) is 8.90. The van der Waals surface area contributed by atoms with Crippen molar-refractivity contribution in [1.82, 2.24) is 19.7 Å². The minimum Gasteiger partial charge on any atom is -0.383 e. The molecule has 6 heteroatoms. The van der Waals surface area contributed by atoms with Crippen LogP contribution in [0.5, 0.6) is 0 Å². The number of aromatic nitrogens is 4. The van der Waals surface area contributed by atoms with E-state index >= 15 is 0 Å². The number of nitrogens with two attached hydrogens (primary N) is 1. The van der Waals surface area contributed by atoms with E-state index in [1.54, 1.807) is 10.9 Å². The van der Waals surface area contributed by atoms with E-state index in [9.17, 15) is 0 Å². The summed E-state index contributed by atoms with van der Waals surface area (Å²) in [6.45, 7) is 6.30. The number of halogens is 1. The van der Waals surface area contributed by atoms with Crippen LogP contribution in [0.1, 0.15) is 25.2 Å². The Morgan fingerprint density at radius 3 is 2.58 bits per heavy atom. The summed E-state index contributed by atoms with van der Waals surface area (Å²) in [6, 6.07) is 0. The highest BCUT2D eigenvalue weighted by molar-refractivity contribution is 9.10. The van der Waals surface area contributed by atoms with Gasteiger partial charge < -0.3 is 5.73 Å². The highest BCUT2D eigenvalue weighted by Crippen LogP contribution is 2.27. The van der Waals surface area contributed by atoms with Crippen LogP contribution in [0.4, 0.5) is 5.82 Å². The molecule has 0 saturated carbocycles. The van der Waals surface area contributed by atoms with Gasteiger partial charge in [0, 0.05) is 12.7 Å². The zero-order valence-corrected chi connectivity index (χ0v) is 13.2. The monoisotopic (exact) mass is 323 g/mol. The summed E-state index contributed by atoms with van der Waals surface area (Å²) in [5, 5.41) is 4.22. The Labute approximate surface area is 121 Å². The fourth-order valence-electron chi connectivity index (χ4n) is 1.87. The molecule has 0 bridgehead atoms. The summed E-state index contributed by atoms with van der Waals surface area (Å²) in [5.74, 6) is 1.62. The van der Waals surface area contributed by atoms with Crippen molar-refractivity contribution in [1.29, 1.82) is 0 Å². The zero-order chi connectivity index (χ0) is 14.2. The fourth-order valence-corrected chi connectivity index (χ4v) is 2.21. The van der Waals surface area contributed by atoms with E-state index in [1.165, 1.54) is 0 Å². The molecule has 2 N–H and O–H groups in total. The van der Waals surface area contributed by atoms with Crippen molar-refractivity contribution >= 4 is 21.7 Å². The minimum atomic E-state index is 0.476. The topological polar surface area (TPSA) is 69.6 Å². The predicted molar refractivity (Wildman–Crippen MR) is 79.6 cm³/mol. The fraction of sp³-hybridized carbons (Fsp3) is 0.462. The van der Waals surface area contributed by atoms with Gasteiger partial charge in [-0.1, -0.05) is 13.8 Å². The van der Waals surface area contributed by atoms with Crippen LogP contribution in [0.25, 0.3) is 11.4 Å². The number of nitrogen functional groups attached to an aromatic ring is 1. The first kappa shape index (κ1) is 14.0. The molecule has 0 aliphatic rings. The van der Waals surface area contributed by atoms with Gasteiger partial charge in [0.05, 0.1) is 21.9 Å². The summed E-state index contributed by atoms with van der Waals surface area (Å²) >= 11 is 3.47. The average molecular weight is 324 g/mol. The third kappa shape index (κ3) is 2.78. The lowest BCUT2D eigenvalue weighted by Gasteiger charge is -2.10. The van der Waals surface area contributed by atoms with Crippen LogP contribution in [0.2, 0.25) is 0 Å². The van der Waals surface area contributed by atoms with Crippen molar-refractivity contribution < 1.29 is 0 Å². The number of anilines is 1. The Kier molecular flexibility index (Phi) is 3.89. The molecule has 2 heterocycles. The normalized spacial score (nSPS) is 11.3. The third-order valence-corrected chi connectivity index (χ3v) is 3.89. The lowest BCUT2D eigenvalue weighted by Crippen LogP contribution is -2.06. The lowest BCUT2D eigenvalue weighted by molar-refractivity contribution is 0.633. The molecule has 0 amide bonds. The van der Waals surface area contributed by atoms with Gasteiger partial charge in [0.15, 0.2) is 5.82 Å². The number of rotatable bonds is 3. The number of nitrogens with zero attached hydrogens (tertiary/aromatic N) is 4. The summed E-state index contributed by atoms with van der Waals surface area (Å²) in [4.78, 5) is 8.98. The van der Waals surface area contributed by atoms with E-state index in [2.05, 4.69) is 44.8 Å². The minimum absolute atomic E-state index is 0.476. The van der Waals surface area contributed by atoms with E-state index in [1.807, 2.05) is 14.0 Å². The zero-order valence-electron chi connectivity index (χ0n) is 11.6. The molecule has 0 unspecified atom stereocenters. The summed E-state index contributed by atoms with van der Waals surface area (Å²) in [7, 11) is 1.90. The van der Waals surface area contributed by atoms with E-state index in [-0.39, 0.29) is 0 Å². The van der Waals surface area contributed by atoms with Gasteiger partial charge in [0.25, 0.3) is 0 Å². The Morgan fingerprint density at radius 1 is 1.37 bits per heavy atom. The van der Waals surface area contributed by atoms with Crippen LogP contribution in [0.3, 0.4) is 0 Å². The molecule has 2 aromatic heterocycles. The SMILES string of the molecule is Cc1c(-c2nc(N)c(Br)c(CC(C)C)n2)cnn1C. The summed E-state index contributed by atoms with van der Waals surface area (Å²) in [5.41, 5.74) is 8.86. The number of hydrogen-bond donors (Lipinski definition) is 1. The maximum absolute atomic E-state index is 5.97. The second-order valence-corrected chi connectivity index (χ2v) is 5.85. The van der Waals surface area contributed by atoms with Gasteiger partial charge in [-0.2, -0.15) is 5.10 Å². The Morgan fingerprint density at radius 2 is 2.05 bits per heavy atom. The molecule has 0 radical (unpaired) electrons. The number of aryl methyl sites for hydroxylation is 1. The highest BCUT2D eigenvalue weighted by atomic mass is 79.9. The van der Waals surface area contributed by atoms with Crippen molar-refractivity contribution in [2.75, 3.05) is 5.73 Å². The molecule has 0 spiro atoms. The molecule has 102 valence electrons. The third-order valence-electron chi connectivity index (χ3n) is 3.02. The van der Waals surface area contributed by atoms with Crippen molar-refractivity contribution in [3.63, 3.8) is 0 Å². The molecule has 2 rings (SSSR count). The van der Waals surface area contributed by atoms with Crippen molar-refractivity contribution in [2.45, 2.75) is 27.2 Å². The molecular formula is C13H18BrN5. The first-order valence-electron chi connectivity index (χ1n) is 6.21. The number of hydrogen-bond acceptors (Lipinski definition) is 4. The quantitative estimate of drug-likeness (QED) is 0.942. The largest absolute Gasteiger partial charge is 0.383 e. The van der Waals surface area contributed by atoms with Crippen LogP contribution in [-0.2, 0) is 13.5 Å². The van der Waals surface area contributed by atoms with Crippen molar-refractivity contribution in [3.05, 3.63) is 22.1 Å². The Bertz CT molecular complexity index is 603. The van der Waals surface area contributed by atoms with Gasteiger partial charge in [0.1, 0.15) is 5.82 Å². The lowest BCUT2D eigenvalue weighted by atomic mass is 10.1. The maximum Gasteiger partial charge on any atom is 0.165 e. The van der Waals surface area contributed by atoms with Crippen LogP contribution < -0.4 is 5.73 Å². The summed E-state index contributed by atoms with van der Waals surface area (Å²) in [6.07, 6.45) is 2.64. The van der Waals surface area contributed by atoms with Gasteiger partial charge in [0.2, 0.25) is 0 Å². The van der Waals surface area contributed by atoms with Gasteiger partial charge in [-0.15, -0.1) is 0 Å². The van der Waals surface area contributed by atoms with Crippen LogP contribution in [-0.4, -0.2) is 19.7 Å². The van der Waals surface area contributed by atoms with Crippen LogP contribution in [0, 0.1) is 12.8 Å².